The van der Waals surface area contributed by atoms with Gasteiger partial charge in [0.1, 0.15) is 11.9 Å². The first-order chi connectivity index (χ1) is 6.93. The van der Waals surface area contributed by atoms with Gasteiger partial charge in [0.25, 0.3) is 0 Å². The van der Waals surface area contributed by atoms with E-state index in [1.54, 1.807) is 6.92 Å². The van der Waals surface area contributed by atoms with Crippen molar-refractivity contribution >= 4 is 5.97 Å². The molecule has 0 aromatic heterocycles. The average molecular weight is 212 g/mol. The third-order valence-corrected chi connectivity index (χ3v) is 2.13. The second-order valence-corrected chi connectivity index (χ2v) is 3.27. The lowest BCUT2D eigenvalue weighted by atomic mass is 9.99. The van der Waals surface area contributed by atoms with E-state index in [1.165, 1.54) is 18.2 Å². The van der Waals surface area contributed by atoms with Gasteiger partial charge in [0.05, 0.1) is 0 Å². The monoisotopic (exact) mass is 212 g/mol. The van der Waals surface area contributed by atoms with Gasteiger partial charge in [-0.1, -0.05) is 6.07 Å². The Balaban J connectivity index is 3.04. The van der Waals surface area contributed by atoms with E-state index in [4.69, 9.17) is 15.3 Å². The molecule has 0 saturated carbocycles. The number of aromatic hydroxyl groups is 1. The third-order valence-electron chi connectivity index (χ3n) is 2.13. The maximum absolute atomic E-state index is 10.4. The fourth-order valence-electron chi connectivity index (χ4n) is 1.25. The molecule has 0 aliphatic carbocycles. The number of carboxylic acids is 1. The summed E-state index contributed by atoms with van der Waals surface area (Å²) in [7, 11) is 0. The molecule has 2 unspecified atom stereocenters. The minimum atomic E-state index is -1.90. The van der Waals surface area contributed by atoms with E-state index in [2.05, 4.69) is 0 Å². The van der Waals surface area contributed by atoms with Gasteiger partial charge in [-0.05, 0) is 30.2 Å². The number of phenols is 1. The zero-order chi connectivity index (χ0) is 11.6. The Hall–Kier alpha value is -1.59. The summed E-state index contributed by atoms with van der Waals surface area (Å²) in [6, 6.07) is 4.17. The van der Waals surface area contributed by atoms with Crippen LogP contribution in [0.4, 0.5) is 0 Å². The molecule has 0 saturated heterocycles. The van der Waals surface area contributed by atoms with Crippen molar-refractivity contribution in [2.75, 3.05) is 0 Å². The molecule has 0 spiro atoms. The van der Waals surface area contributed by atoms with Crippen LogP contribution in [0, 0.1) is 6.92 Å². The zero-order valence-electron chi connectivity index (χ0n) is 8.08. The minimum absolute atomic E-state index is 0.0905. The molecule has 0 amide bonds. The van der Waals surface area contributed by atoms with Crippen molar-refractivity contribution in [1.82, 2.24) is 0 Å². The van der Waals surface area contributed by atoms with E-state index in [0.29, 0.717) is 5.56 Å². The number of carboxylic acid groups (broad SMARTS) is 1. The van der Waals surface area contributed by atoms with Gasteiger partial charge in [-0.15, -0.1) is 0 Å². The van der Waals surface area contributed by atoms with Crippen LogP contribution in [0.3, 0.4) is 0 Å². The molecule has 0 radical (unpaired) electrons. The van der Waals surface area contributed by atoms with E-state index in [0.717, 1.165) is 0 Å². The SMILES string of the molecule is Cc1ccc(O)cc1C(O)C(O)C(=O)O. The summed E-state index contributed by atoms with van der Waals surface area (Å²) in [6.07, 6.45) is -3.44. The number of aliphatic hydroxyl groups is 2. The third kappa shape index (κ3) is 2.45. The number of hydrogen-bond acceptors (Lipinski definition) is 4. The van der Waals surface area contributed by atoms with Crippen molar-refractivity contribution in [3.8, 4) is 5.75 Å². The molecule has 0 bridgehead atoms. The van der Waals surface area contributed by atoms with Gasteiger partial charge >= 0.3 is 5.97 Å². The van der Waals surface area contributed by atoms with Crippen molar-refractivity contribution in [2.24, 2.45) is 0 Å². The van der Waals surface area contributed by atoms with Crippen LogP contribution in [0.25, 0.3) is 0 Å². The quantitative estimate of drug-likeness (QED) is 0.573. The lowest BCUT2D eigenvalue weighted by molar-refractivity contribution is -0.153. The van der Waals surface area contributed by atoms with Crippen LogP contribution < -0.4 is 0 Å². The number of aliphatic hydroxyl groups excluding tert-OH is 2. The van der Waals surface area contributed by atoms with Crippen molar-refractivity contribution in [3.63, 3.8) is 0 Å². The van der Waals surface area contributed by atoms with E-state index >= 15 is 0 Å². The molecule has 0 aliphatic heterocycles. The first-order valence-electron chi connectivity index (χ1n) is 4.32. The Morgan fingerprint density at radius 3 is 2.47 bits per heavy atom. The normalized spacial score (nSPS) is 14.6. The summed E-state index contributed by atoms with van der Waals surface area (Å²) in [6.45, 7) is 1.65. The van der Waals surface area contributed by atoms with E-state index < -0.39 is 18.2 Å². The van der Waals surface area contributed by atoms with Gasteiger partial charge in [0.2, 0.25) is 0 Å². The van der Waals surface area contributed by atoms with Gasteiger partial charge in [0, 0.05) is 0 Å². The number of carbonyl (C=O) groups is 1. The van der Waals surface area contributed by atoms with Gasteiger partial charge < -0.3 is 20.4 Å². The summed E-state index contributed by atoms with van der Waals surface area (Å²) in [5, 5.41) is 36.3. The Kier molecular flexibility index (Phi) is 3.28. The van der Waals surface area contributed by atoms with Gasteiger partial charge in [0.15, 0.2) is 6.10 Å². The summed E-state index contributed by atoms with van der Waals surface area (Å²) < 4.78 is 0. The van der Waals surface area contributed by atoms with Crippen molar-refractivity contribution in [1.29, 1.82) is 0 Å². The van der Waals surface area contributed by atoms with Gasteiger partial charge in [-0.2, -0.15) is 0 Å². The lowest BCUT2D eigenvalue weighted by Gasteiger charge is -2.16. The number of rotatable bonds is 3. The molecule has 0 aliphatic rings. The summed E-state index contributed by atoms with van der Waals surface area (Å²) in [4.78, 5) is 10.4. The number of phenolic OH excluding ortho intramolecular Hbond substituents is 1. The zero-order valence-corrected chi connectivity index (χ0v) is 8.08. The number of aryl methyl sites for hydroxylation is 1. The Bertz CT molecular complexity index is 374. The highest BCUT2D eigenvalue weighted by Gasteiger charge is 2.26. The maximum atomic E-state index is 10.4. The van der Waals surface area contributed by atoms with Crippen LogP contribution in [-0.2, 0) is 4.79 Å². The van der Waals surface area contributed by atoms with Crippen LogP contribution in [0.1, 0.15) is 17.2 Å². The van der Waals surface area contributed by atoms with Crippen LogP contribution in [0.2, 0.25) is 0 Å². The Labute approximate surface area is 86.2 Å². The lowest BCUT2D eigenvalue weighted by Crippen LogP contribution is -2.27. The second-order valence-electron chi connectivity index (χ2n) is 3.27. The molecule has 15 heavy (non-hydrogen) atoms. The van der Waals surface area contributed by atoms with Crippen LogP contribution in [-0.4, -0.2) is 32.5 Å². The van der Waals surface area contributed by atoms with Crippen LogP contribution in [0.5, 0.6) is 5.75 Å². The molecule has 1 aromatic carbocycles. The summed E-state index contributed by atoms with van der Waals surface area (Å²) in [5.41, 5.74) is 0.797. The summed E-state index contributed by atoms with van der Waals surface area (Å²) in [5.74, 6) is -1.60. The molecule has 5 heteroatoms. The predicted molar refractivity (Wildman–Crippen MR) is 51.4 cm³/mol. The van der Waals surface area contributed by atoms with Gasteiger partial charge in [-0.25, -0.2) is 4.79 Å². The predicted octanol–water partition coefficient (Wildman–Crippen LogP) is 0.180. The fourth-order valence-corrected chi connectivity index (χ4v) is 1.25. The topological polar surface area (TPSA) is 98.0 Å². The first kappa shape index (κ1) is 11.5. The second kappa shape index (κ2) is 4.29. The van der Waals surface area contributed by atoms with Crippen LogP contribution >= 0.6 is 0 Å². The van der Waals surface area contributed by atoms with Crippen molar-refractivity contribution in [2.45, 2.75) is 19.1 Å². The Morgan fingerprint density at radius 1 is 1.33 bits per heavy atom. The minimum Gasteiger partial charge on any atom is -0.508 e. The van der Waals surface area contributed by atoms with Crippen LogP contribution in [0.15, 0.2) is 18.2 Å². The number of hydrogen-bond donors (Lipinski definition) is 4. The number of aliphatic carboxylic acids is 1. The molecule has 1 rings (SSSR count). The van der Waals surface area contributed by atoms with Crippen molar-refractivity contribution in [3.05, 3.63) is 29.3 Å². The van der Waals surface area contributed by atoms with E-state index in [1.807, 2.05) is 0 Å². The largest absolute Gasteiger partial charge is 0.508 e. The fraction of sp³-hybridized carbons (Fsp3) is 0.300. The molecule has 2 atom stereocenters. The van der Waals surface area contributed by atoms with E-state index in [9.17, 15) is 9.90 Å². The molecule has 5 nitrogen and oxygen atoms in total. The molecular formula is C10H12O5. The molecule has 0 heterocycles. The molecule has 1 aromatic rings. The van der Waals surface area contributed by atoms with Crippen molar-refractivity contribution < 1.29 is 25.2 Å². The highest BCUT2D eigenvalue weighted by atomic mass is 16.4. The highest BCUT2D eigenvalue weighted by Crippen LogP contribution is 2.24. The summed E-state index contributed by atoms with van der Waals surface area (Å²) >= 11 is 0. The molecule has 0 fully saturated rings. The standard InChI is InChI=1S/C10H12O5/c1-5-2-3-6(11)4-7(5)8(12)9(13)10(14)15/h2-4,8-9,11-13H,1H3,(H,14,15). The smallest absolute Gasteiger partial charge is 0.335 e. The average Bonchev–Trinajstić information content (AvgIpc) is 2.19. The first-order valence-corrected chi connectivity index (χ1v) is 4.32. The Morgan fingerprint density at radius 2 is 1.93 bits per heavy atom. The molecule has 82 valence electrons. The molecule has 4 N–H and O–H groups in total. The van der Waals surface area contributed by atoms with Gasteiger partial charge in [-0.3, -0.25) is 0 Å². The van der Waals surface area contributed by atoms with E-state index in [-0.39, 0.29) is 11.3 Å². The molecular weight excluding hydrogens is 200 g/mol. The highest BCUT2D eigenvalue weighted by molar-refractivity contribution is 5.73. The number of benzene rings is 1. The maximum Gasteiger partial charge on any atom is 0.335 e.